The van der Waals surface area contributed by atoms with Crippen LogP contribution in [0.5, 0.6) is 0 Å². The SMILES string of the molecule is CN1C(N)=NC(c2sc3c(-c4ccc(N(N)/C=C\N)cc4)nccc3c2Cl)CS1(=O)=O. The molecule has 1 aliphatic heterocycles. The van der Waals surface area contributed by atoms with E-state index in [-0.39, 0.29) is 11.7 Å². The molecule has 0 spiro atoms. The van der Waals surface area contributed by atoms with Gasteiger partial charge in [0.1, 0.15) is 6.04 Å². The van der Waals surface area contributed by atoms with Gasteiger partial charge in [-0.3, -0.25) is 9.99 Å². The van der Waals surface area contributed by atoms with Crippen molar-refractivity contribution < 1.29 is 8.42 Å². The van der Waals surface area contributed by atoms with E-state index >= 15 is 0 Å². The molecule has 0 radical (unpaired) electrons. The first-order valence-electron chi connectivity index (χ1n) is 9.12. The molecule has 31 heavy (non-hydrogen) atoms. The highest BCUT2D eigenvalue weighted by atomic mass is 35.5. The average molecular weight is 478 g/mol. The fourth-order valence-electron chi connectivity index (χ4n) is 3.27. The fourth-order valence-corrected chi connectivity index (χ4v) is 6.26. The number of hydrazine groups is 1. The maximum absolute atomic E-state index is 12.4. The van der Waals surface area contributed by atoms with Crippen LogP contribution in [0.1, 0.15) is 10.9 Å². The van der Waals surface area contributed by atoms with Crippen molar-refractivity contribution in [1.29, 1.82) is 0 Å². The zero-order chi connectivity index (χ0) is 22.3. The Morgan fingerprint density at radius 1 is 1.29 bits per heavy atom. The van der Waals surface area contributed by atoms with Crippen LogP contribution in [0.4, 0.5) is 5.69 Å². The number of hydrogen-bond donors (Lipinski definition) is 3. The molecule has 0 aliphatic carbocycles. The van der Waals surface area contributed by atoms with Crippen molar-refractivity contribution in [3.05, 3.63) is 58.8 Å². The number of pyridine rings is 1. The van der Waals surface area contributed by atoms with Gasteiger partial charge >= 0.3 is 0 Å². The van der Waals surface area contributed by atoms with Gasteiger partial charge in [0.2, 0.25) is 16.0 Å². The second-order valence-corrected chi connectivity index (χ2v) is 10.3. The topological polar surface area (TPSA) is 144 Å². The van der Waals surface area contributed by atoms with Gasteiger partial charge in [-0.05, 0) is 18.2 Å². The van der Waals surface area contributed by atoms with Gasteiger partial charge in [-0.2, -0.15) is 0 Å². The van der Waals surface area contributed by atoms with Crippen molar-refractivity contribution in [3.63, 3.8) is 0 Å². The van der Waals surface area contributed by atoms with E-state index in [0.717, 1.165) is 31.3 Å². The molecule has 1 unspecified atom stereocenters. The lowest BCUT2D eigenvalue weighted by Crippen LogP contribution is -2.44. The number of nitrogens with zero attached hydrogens (tertiary/aromatic N) is 4. The Labute approximate surface area is 188 Å². The van der Waals surface area contributed by atoms with Crippen LogP contribution in [0.25, 0.3) is 21.3 Å². The first kappa shape index (κ1) is 21.4. The number of halogens is 1. The molecule has 9 nitrogen and oxygen atoms in total. The van der Waals surface area contributed by atoms with Gasteiger partial charge in [0.15, 0.2) is 0 Å². The van der Waals surface area contributed by atoms with Crippen molar-refractivity contribution >= 4 is 54.7 Å². The molecule has 4 rings (SSSR count). The summed E-state index contributed by atoms with van der Waals surface area (Å²) in [6.45, 7) is 0. The number of hydrogen-bond acceptors (Lipinski definition) is 9. The summed E-state index contributed by atoms with van der Waals surface area (Å²) in [5.74, 6) is 5.64. The molecule has 0 saturated heterocycles. The van der Waals surface area contributed by atoms with Gasteiger partial charge in [0.05, 0.1) is 31.7 Å². The normalized spacial score (nSPS) is 18.5. The molecule has 0 amide bonds. The number of guanidine groups is 1. The number of fused-ring (bicyclic) bond motifs is 1. The first-order valence-corrected chi connectivity index (χ1v) is 11.9. The maximum Gasteiger partial charge on any atom is 0.239 e. The molecule has 1 aromatic carbocycles. The smallest absolute Gasteiger partial charge is 0.239 e. The largest absolute Gasteiger partial charge is 0.403 e. The number of anilines is 1. The number of nitrogens with two attached hydrogens (primary N) is 3. The van der Waals surface area contributed by atoms with Crippen LogP contribution in [-0.2, 0) is 10.0 Å². The van der Waals surface area contributed by atoms with Gasteiger partial charge < -0.3 is 11.5 Å². The third-order valence-corrected chi connectivity index (χ3v) is 8.55. The molecule has 162 valence electrons. The molecule has 0 bridgehead atoms. The molecule has 2 aromatic heterocycles. The summed E-state index contributed by atoms with van der Waals surface area (Å²) in [7, 11) is -2.18. The zero-order valence-corrected chi connectivity index (χ0v) is 18.8. The highest BCUT2D eigenvalue weighted by molar-refractivity contribution is 7.89. The molecule has 12 heteroatoms. The van der Waals surface area contributed by atoms with Gasteiger partial charge in [0.25, 0.3) is 0 Å². The van der Waals surface area contributed by atoms with Crippen LogP contribution in [0.3, 0.4) is 0 Å². The van der Waals surface area contributed by atoms with Crippen molar-refractivity contribution in [2.75, 3.05) is 17.8 Å². The van der Waals surface area contributed by atoms with Crippen LogP contribution < -0.4 is 22.3 Å². The number of aromatic nitrogens is 1. The number of thiophene rings is 1. The Hall–Kier alpha value is -2.86. The molecule has 3 aromatic rings. The molecule has 6 N–H and O–H groups in total. The minimum atomic E-state index is -3.56. The Balaban J connectivity index is 1.79. The highest BCUT2D eigenvalue weighted by Crippen LogP contribution is 2.44. The van der Waals surface area contributed by atoms with Crippen molar-refractivity contribution in [2.24, 2.45) is 22.3 Å². The van der Waals surface area contributed by atoms with Gasteiger partial charge in [-0.25, -0.2) is 23.6 Å². The Kier molecular flexibility index (Phi) is 5.52. The molecule has 1 aliphatic rings. The van der Waals surface area contributed by atoms with E-state index in [1.54, 1.807) is 18.5 Å². The third kappa shape index (κ3) is 3.81. The molecular formula is C19H20ClN7O2S2. The summed E-state index contributed by atoms with van der Waals surface area (Å²) in [5, 5.41) is 2.65. The van der Waals surface area contributed by atoms with E-state index in [9.17, 15) is 8.42 Å². The predicted molar refractivity (Wildman–Crippen MR) is 126 cm³/mol. The van der Waals surface area contributed by atoms with E-state index in [1.807, 2.05) is 24.3 Å². The molecule has 0 fully saturated rings. The van der Waals surface area contributed by atoms with E-state index in [0.29, 0.717) is 9.90 Å². The van der Waals surface area contributed by atoms with E-state index in [2.05, 4.69) is 9.98 Å². The maximum atomic E-state index is 12.4. The van der Waals surface area contributed by atoms with Crippen molar-refractivity contribution in [3.8, 4) is 11.3 Å². The van der Waals surface area contributed by atoms with Crippen LogP contribution in [0, 0.1) is 0 Å². The first-order chi connectivity index (χ1) is 14.7. The molecule has 1 atom stereocenters. The number of rotatable bonds is 4. The van der Waals surface area contributed by atoms with Gasteiger partial charge in [-0.1, -0.05) is 23.7 Å². The molecular weight excluding hydrogens is 458 g/mol. The number of aliphatic imine (C=N–C) groups is 1. The van der Waals surface area contributed by atoms with Gasteiger partial charge in [0, 0.05) is 36.6 Å². The minimum Gasteiger partial charge on any atom is -0.403 e. The van der Waals surface area contributed by atoms with E-state index < -0.39 is 16.1 Å². The minimum absolute atomic E-state index is 0.0587. The Morgan fingerprint density at radius 2 is 2.00 bits per heavy atom. The summed E-state index contributed by atoms with van der Waals surface area (Å²) in [6, 6.07) is 8.62. The van der Waals surface area contributed by atoms with E-state index in [4.69, 9.17) is 28.9 Å². The summed E-state index contributed by atoms with van der Waals surface area (Å²) in [6.07, 6.45) is 4.56. The van der Waals surface area contributed by atoms with Crippen LogP contribution in [0.15, 0.2) is 53.9 Å². The summed E-state index contributed by atoms with van der Waals surface area (Å²) < 4.78 is 26.6. The predicted octanol–water partition coefficient (Wildman–Crippen LogP) is 2.36. The summed E-state index contributed by atoms with van der Waals surface area (Å²) in [5.41, 5.74) is 13.6. The monoisotopic (exact) mass is 477 g/mol. The molecule has 0 saturated carbocycles. The lowest BCUT2D eigenvalue weighted by molar-refractivity contribution is 0.533. The van der Waals surface area contributed by atoms with Crippen LogP contribution in [0.2, 0.25) is 5.02 Å². The quantitative estimate of drug-likeness (QED) is 0.386. The highest BCUT2D eigenvalue weighted by Gasteiger charge is 2.34. The zero-order valence-electron chi connectivity index (χ0n) is 16.4. The van der Waals surface area contributed by atoms with E-state index in [1.165, 1.54) is 29.6 Å². The van der Waals surface area contributed by atoms with Crippen LogP contribution in [-0.4, -0.2) is 36.5 Å². The van der Waals surface area contributed by atoms with Gasteiger partial charge in [-0.15, -0.1) is 11.3 Å². The number of benzene rings is 1. The fraction of sp³-hybridized carbons (Fsp3) is 0.158. The van der Waals surface area contributed by atoms with Crippen LogP contribution >= 0.6 is 22.9 Å². The average Bonchev–Trinajstić information content (AvgIpc) is 3.09. The number of sulfonamides is 1. The van der Waals surface area contributed by atoms with Crippen molar-refractivity contribution in [1.82, 2.24) is 9.29 Å². The second kappa shape index (κ2) is 8.00. The van der Waals surface area contributed by atoms with Crippen molar-refractivity contribution in [2.45, 2.75) is 6.04 Å². The second-order valence-electron chi connectivity index (χ2n) is 6.86. The molecule has 3 heterocycles. The standard InChI is InChI=1S/C19H20ClN7O2S2/c1-26-19(22)25-14(10-31(26,28)29)18-15(20)13-6-8-24-16(17(13)30-18)11-2-4-12(5-3-11)27(23)9-7-21/h2-9,14H,10,21,23H2,1H3,(H2,22,25)/b9-7-. The third-order valence-electron chi connectivity index (χ3n) is 4.95. The summed E-state index contributed by atoms with van der Waals surface area (Å²) in [4.78, 5) is 9.52. The Bertz CT molecular complexity index is 1300. The lowest BCUT2D eigenvalue weighted by atomic mass is 10.1. The summed E-state index contributed by atoms with van der Waals surface area (Å²) >= 11 is 8.02. The Morgan fingerprint density at radius 3 is 2.65 bits per heavy atom. The lowest BCUT2D eigenvalue weighted by Gasteiger charge is -2.26.